The molecule has 0 spiro atoms. The number of halogens is 1. The van der Waals surface area contributed by atoms with Crippen molar-refractivity contribution >= 4 is 27.8 Å². The predicted molar refractivity (Wildman–Crippen MR) is 103 cm³/mol. The summed E-state index contributed by atoms with van der Waals surface area (Å²) in [5, 5.41) is 0. The second kappa shape index (κ2) is 7.07. The van der Waals surface area contributed by atoms with Gasteiger partial charge in [0.15, 0.2) is 5.78 Å². The molecule has 0 aliphatic heterocycles. The van der Waals surface area contributed by atoms with Crippen LogP contribution in [0.25, 0.3) is 11.8 Å². The van der Waals surface area contributed by atoms with E-state index in [2.05, 4.69) is 15.9 Å². The Morgan fingerprint density at radius 1 is 1.04 bits per heavy atom. The molecule has 0 aliphatic carbocycles. The number of ketones is 1. The van der Waals surface area contributed by atoms with Gasteiger partial charge in [0.05, 0.1) is 11.3 Å². The SMILES string of the molecule is Cc1c(/C=C/C(=O)c2ccc(Br)cc2)c(=O)n(-c2ccccc2)n1C. The first-order chi connectivity index (χ1) is 12.0. The van der Waals surface area contributed by atoms with E-state index in [1.807, 2.05) is 56.4 Å². The average molecular weight is 397 g/mol. The molecular formula is C20H17BrN2O2. The molecule has 1 heterocycles. The summed E-state index contributed by atoms with van der Waals surface area (Å²) in [6.45, 7) is 1.87. The van der Waals surface area contributed by atoms with Crippen LogP contribution in [0.15, 0.2) is 69.9 Å². The van der Waals surface area contributed by atoms with Crippen molar-refractivity contribution in [2.24, 2.45) is 7.05 Å². The number of allylic oxidation sites excluding steroid dienone is 1. The van der Waals surface area contributed by atoms with E-state index in [1.165, 1.54) is 6.08 Å². The second-order valence-electron chi connectivity index (χ2n) is 5.68. The van der Waals surface area contributed by atoms with Gasteiger partial charge >= 0.3 is 0 Å². The van der Waals surface area contributed by atoms with Crippen LogP contribution in [0.5, 0.6) is 0 Å². The zero-order valence-corrected chi connectivity index (χ0v) is 15.5. The summed E-state index contributed by atoms with van der Waals surface area (Å²) < 4.78 is 4.30. The van der Waals surface area contributed by atoms with Gasteiger partial charge in [-0.1, -0.05) is 34.1 Å². The molecule has 0 saturated heterocycles. The molecule has 1 aromatic heterocycles. The fourth-order valence-corrected chi connectivity index (χ4v) is 2.91. The number of benzene rings is 2. The van der Waals surface area contributed by atoms with E-state index >= 15 is 0 Å². The van der Waals surface area contributed by atoms with Gasteiger partial charge in [0.1, 0.15) is 0 Å². The number of hydrogen-bond donors (Lipinski definition) is 0. The Hall–Kier alpha value is -2.66. The molecule has 126 valence electrons. The van der Waals surface area contributed by atoms with Gasteiger partial charge in [-0.15, -0.1) is 0 Å². The lowest BCUT2D eigenvalue weighted by atomic mass is 10.1. The van der Waals surface area contributed by atoms with Crippen LogP contribution in [0.1, 0.15) is 21.6 Å². The summed E-state index contributed by atoms with van der Waals surface area (Å²) in [5.74, 6) is -0.138. The fourth-order valence-electron chi connectivity index (χ4n) is 2.65. The van der Waals surface area contributed by atoms with Crippen molar-refractivity contribution in [3.05, 3.63) is 92.3 Å². The van der Waals surface area contributed by atoms with Crippen LogP contribution in [0.4, 0.5) is 0 Å². The minimum absolute atomic E-state index is 0.138. The van der Waals surface area contributed by atoms with Gasteiger partial charge in [-0.05, 0) is 55.5 Å². The number of hydrogen-bond acceptors (Lipinski definition) is 2. The number of para-hydroxylation sites is 1. The first kappa shape index (κ1) is 17.2. The van der Waals surface area contributed by atoms with Crippen LogP contribution in [-0.4, -0.2) is 15.1 Å². The Kier molecular flexibility index (Phi) is 4.86. The van der Waals surface area contributed by atoms with Gasteiger partial charge in [-0.3, -0.25) is 14.3 Å². The Labute approximate surface area is 154 Å². The second-order valence-corrected chi connectivity index (χ2v) is 6.60. The molecule has 0 radical (unpaired) electrons. The van der Waals surface area contributed by atoms with Gasteiger partial charge in [-0.25, -0.2) is 4.68 Å². The first-order valence-electron chi connectivity index (χ1n) is 7.81. The van der Waals surface area contributed by atoms with E-state index < -0.39 is 0 Å². The van der Waals surface area contributed by atoms with Crippen LogP contribution in [0, 0.1) is 6.92 Å². The van der Waals surface area contributed by atoms with Crippen LogP contribution in [-0.2, 0) is 7.05 Å². The maximum absolute atomic E-state index is 12.8. The predicted octanol–water partition coefficient (Wildman–Crippen LogP) is 4.14. The molecule has 0 saturated carbocycles. The summed E-state index contributed by atoms with van der Waals surface area (Å²) in [7, 11) is 1.83. The summed E-state index contributed by atoms with van der Waals surface area (Å²) in [4.78, 5) is 25.1. The highest BCUT2D eigenvalue weighted by Gasteiger charge is 2.14. The van der Waals surface area contributed by atoms with E-state index in [9.17, 15) is 9.59 Å². The van der Waals surface area contributed by atoms with E-state index in [0.29, 0.717) is 11.1 Å². The van der Waals surface area contributed by atoms with Gasteiger partial charge in [0.2, 0.25) is 0 Å². The monoisotopic (exact) mass is 396 g/mol. The molecule has 2 aromatic carbocycles. The molecule has 0 bridgehead atoms. The van der Waals surface area contributed by atoms with Crippen molar-refractivity contribution < 1.29 is 4.79 Å². The quantitative estimate of drug-likeness (QED) is 0.491. The van der Waals surface area contributed by atoms with Crippen LogP contribution < -0.4 is 5.56 Å². The number of nitrogens with zero attached hydrogens (tertiary/aromatic N) is 2. The Morgan fingerprint density at radius 2 is 1.68 bits per heavy atom. The number of carbonyl (C=O) groups is 1. The third kappa shape index (κ3) is 3.42. The van der Waals surface area contributed by atoms with E-state index in [1.54, 1.807) is 27.6 Å². The highest BCUT2D eigenvalue weighted by molar-refractivity contribution is 9.10. The summed E-state index contributed by atoms with van der Waals surface area (Å²) in [5.41, 5.74) is 2.53. The summed E-state index contributed by atoms with van der Waals surface area (Å²) >= 11 is 3.35. The molecule has 5 heteroatoms. The lowest BCUT2D eigenvalue weighted by molar-refractivity contribution is 0.104. The molecule has 25 heavy (non-hydrogen) atoms. The zero-order valence-electron chi connectivity index (χ0n) is 13.9. The molecule has 0 unspecified atom stereocenters. The molecular weight excluding hydrogens is 380 g/mol. The molecule has 4 nitrogen and oxygen atoms in total. The highest BCUT2D eigenvalue weighted by Crippen LogP contribution is 2.14. The topological polar surface area (TPSA) is 44.0 Å². The molecule has 0 N–H and O–H groups in total. The Bertz CT molecular complexity index is 997. The summed E-state index contributed by atoms with van der Waals surface area (Å²) in [6.07, 6.45) is 3.05. The molecule has 0 aliphatic rings. The largest absolute Gasteiger partial charge is 0.289 e. The van der Waals surface area contributed by atoms with Crippen molar-refractivity contribution in [1.82, 2.24) is 9.36 Å². The minimum Gasteiger partial charge on any atom is -0.289 e. The molecule has 3 aromatic rings. The third-order valence-electron chi connectivity index (χ3n) is 4.13. The maximum Gasteiger partial charge on any atom is 0.278 e. The van der Waals surface area contributed by atoms with E-state index in [0.717, 1.165) is 15.9 Å². The first-order valence-corrected chi connectivity index (χ1v) is 8.60. The van der Waals surface area contributed by atoms with Crippen LogP contribution in [0.2, 0.25) is 0 Å². The number of rotatable bonds is 4. The van der Waals surface area contributed by atoms with Crippen LogP contribution in [0.3, 0.4) is 0 Å². The zero-order chi connectivity index (χ0) is 18.0. The van der Waals surface area contributed by atoms with Gasteiger partial charge < -0.3 is 0 Å². The third-order valence-corrected chi connectivity index (χ3v) is 4.66. The highest BCUT2D eigenvalue weighted by atomic mass is 79.9. The Balaban J connectivity index is 1.97. The van der Waals surface area contributed by atoms with Crippen molar-refractivity contribution in [2.75, 3.05) is 0 Å². The summed E-state index contributed by atoms with van der Waals surface area (Å²) in [6, 6.07) is 16.6. The lowest BCUT2D eigenvalue weighted by Crippen LogP contribution is -2.20. The molecule has 0 fully saturated rings. The standard InChI is InChI=1S/C20H17BrN2O2/c1-14-18(12-13-19(24)15-8-10-16(21)11-9-15)20(25)23(22(14)2)17-6-4-3-5-7-17/h3-13H,1-2H3/b13-12+. The Morgan fingerprint density at radius 3 is 2.32 bits per heavy atom. The van der Waals surface area contributed by atoms with Crippen molar-refractivity contribution in [3.8, 4) is 5.69 Å². The van der Waals surface area contributed by atoms with Crippen molar-refractivity contribution in [3.63, 3.8) is 0 Å². The van der Waals surface area contributed by atoms with E-state index in [-0.39, 0.29) is 11.3 Å². The van der Waals surface area contributed by atoms with E-state index in [4.69, 9.17) is 0 Å². The smallest absolute Gasteiger partial charge is 0.278 e. The normalized spacial score (nSPS) is 11.2. The van der Waals surface area contributed by atoms with Crippen molar-refractivity contribution in [2.45, 2.75) is 6.92 Å². The average Bonchev–Trinajstić information content (AvgIpc) is 2.83. The van der Waals surface area contributed by atoms with Gasteiger partial charge in [0.25, 0.3) is 5.56 Å². The number of carbonyl (C=O) groups excluding carboxylic acids is 1. The van der Waals surface area contributed by atoms with Crippen LogP contribution >= 0.6 is 15.9 Å². The lowest BCUT2D eigenvalue weighted by Gasteiger charge is -2.07. The van der Waals surface area contributed by atoms with Crippen molar-refractivity contribution in [1.29, 1.82) is 0 Å². The number of aromatic nitrogens is 2. The molecule has 0 amide bonds. The minimum atomic E-state index is -0.147. The molecule has 0 atom stereocenters. The van der Waals surface area contributed by atoms with Gasteiger partial charge in [0, 0.05) is 22.8 Å². The maximum atomic E-state index is 12.8. The van der Waals surface area contributed by atoms with Gasteiger partial charge in [-0.2, -0.15) is 0 Å². The fraction of sp³-hybridized carbons (Fsp3) is 0.100. The molecule has 3 rings (SSSR count).